The van der Waals surface area contributed by atoms with E-state index in [1.807, 2.05) is 52.8 Å². The second kappa shape index (κ2) is 7.39. The Bertz CT molecular complexity index is 1070. The molecule has 0 atom stereocenters. The van der Waals surface area contributed by atoms with Gasteiger partial charge >= 0.3 is 0 Å². The Morgan fingerprint density at radius 3 is 2.26 bits per heavy atom. The van der Waals surface area contributed by atoms with Gasteiger partial charge in [0.05, 0.1) is 5.52 Å². The summed E-state index contributed by atoms with van der Waals surface area (Å²) in [4.78, 5) is 25.1. The molecule has 2 aromatic carbocycles. The quantitative estimate of drug-likeness (QED) is 0.739. The predicted molar refractivity (Wildman–Crippen MR) is 112 cm³/mol. The number of aryl methyl sites for hydroxylation is 6. The van der Waals surface area contributed by atoms with Gasteiger partial charge in [0.15, 0.2) is 0 Å². The van der Waals surface area contributed by atoms with Crippen molar-refractivity contribution in [1.82, 2.24) is 4.57 Å². The third-order valence-electron chi connectivity index (χ3n) is 5.04. The maximum Gasteiger partial charge on any atom is 0.251 e. The number of nitrogens with one attached hydrogen (secondary N) is 1. The standard InChI is InChI=1S/C23H26N2O2/c1-14-11-17(4)22(18(5)12-14)24-20(26)9-10-25-21(27)13-16(3)19-8-6-7-15(2)23(19)25/h6-8,11-13H,9-10H2,1-5H3,(H,24,26). The van der Waals surface area contributed by atoms with Gasteiger partial charge in [0.25, 0.3) is 5.56 Å². The molecule has 0 saturated carbocycles. The molecule has 0 fully saturated rings. The van der Waals surface area contributed by atoms with Gasteiger partial charge in [-0.1, -0.05) is 35.9 Å². The van der Waals surface area contributed by atoms with Crippen molar-refractivity contribution in [2.45, 2.75) is 47.6 Å². The number of fused-ring (bicyclic) bond motifs is 1. The summed E-state index contributed by atoms with van der Waals surface area (Å²) in [5, 5.41) is 4.07. The van der Waals surface area contributed by atoms with E-state index in [0.29, 0.717) is 6.54 Å². The first-order valence-corrected chi connectivity index (χ1v) is 9.25. The van der Waals surface area contributed by atoms with Gasteiger partial charge in [-0.05, 0) is 56.9 Å². The number of hydrogen-bond donors (Lipinski definition) is 1. The molecule has 0 aliphatic rings. The largest absolute Gasteiger partial charge is 0.326 e. The molecular formula is C23H26N2O2. The topological polar surface area (TPSA) is 51.1 Å². The summed E-state index contributed by atoms with van der Waals surface area (Å²) in [6.45, 7) is 10.3. The SMILES string of the molecule is Cc1cc(C)c(NC(=O)CCn2c(=O)cc(C)c3cccc(C)c32)c(C)c1. The molecule has 0 radical (unpaired) electrons. The number of hydrogen-bond acceptors (Lipinski definition) is 2. The zero-order valence-electron chi connectivity index (χ0n) is 16.6. The Morgan fingerprint density at radius 2 is 1.59 bits per heavy atom. The molecule has 0 unspecified atom stereocenters. The van der Waals surface area contributed by atoms with Crippen LogP contribution in [0.3, 0.4) is 0 Å². The number of anilines is 1. The number of carbonyl (C=O) groups excluding carboxylic acids is 1. The van der Waals surface area contributed by atoms with E-state index < -0.39 is 0 Å². The average Bonchev–Trinajstić information content (AvgIpc) is 2.58. The van der Waals surface area contributed by atoms with E-state index in [2.05, 4.69) is 17.4 Å². The zero-order valence-corrected chi connectivity index (χ0v) is 16.6. The van der Waals surface area contributed by atoms with Gasteiger partial charge in [-0.2, -0.15) is 0 Å². The van der Waals surface area contributed by atoms with Gasteiger partial charge < -0.3 is 9.88 Å². The molecule has 27 heavy (non-hydrogen) atoms. The fourth-order valence-corrected chi connectivity index (χ4v) is 3.80. The minimum absolute atomic E-state index is 0.0650. The fraction of sp³-hybridized carbons (Fsp3) is 0.304. The molecule has 4 nitrogen and oxygen atoms in total. The number of aromatic nitrogens is 1. The molecular weight excluding hydrogens is 336 g/mol. The van der Waals surface area contributed by atoms with E-state index in [4.69, 9.17) is 0 Å². The molecule has 1 aromatic heterocycles. The van der Waals surface area contributed by atoms with E-state index >= 15 is 0 Å². The van der Waals surface area contributed by atoms with Crippen molar-refractivity contribution in [2.24, 2.45) is 0 Å². The second-order valence-electron chi connectivity index (χ2n) is 7.36. The van der Waals surface area contributed by atoms with Gasteiger partial charge in [-0.25, -0.2) is 0 Å². The molecule has 0 aliphatic carbocycles. The number of pyridine rings is 1. The average molecular weight is 362 g/mol. The molecule has 140 valence electrons. The third kappa shape index (κ3) is 3.80. The van der Waals surface area contributed by atoms with E-state index in [0.717, 1.165) is 38.8 Å². The molecule has 4 heteroatoms. The highest BCUT2D eigenvalue weighted by atomic mass is 16.1. The summed E-state index contributed by atoms with van der Waals surface area (Å²) in [7, 11) is 0. The lowest BCUT2D eigenvalue weighted by molar-refractivity contribution is -0.116. The van der Waals surface area contributed by atoms with Crippen LogP contribution in [0.1, 0.15) is 34.2 Å². The highest BCUT2D eigenvalue weighted by molar-refractivity contribution is 5.92. The normalized spacial score (nSPS) is 11.0. The van der Waals surface area contributed by atoms with Crippen molar-refractivity contribution in [2.75, 3.05) is 5.32 Å². The predicted octanol–water partition coefficient (Wildman–Crippen LogP) is 4.57. The van der Waals surface area contributed by atoms with E-state index in [-0.39, 0.29) is 17.9 Å². The van der Waals surface area contributed by atoms with Crippen LogP contribution in [0.5, 0.6) is 0 Å². The summed E-state index contributed by atoms with van der Waals surface area (Å²) in [6.07, 6.45) is 0.249. The Balaban J connectivity index is 1.86. The summed E-state index contributed by atoms with van der Waals surface area (Å²) in [5.74, 6) is -0.0840. The van der Waals surface area contributed by atoms with Crippen LogP contribution >= 0.6 is 0 Å². The number of para-hydroxylation sites is 1. The summed E-state index contributed by atoms with van der Waals surface area (Å²) in [5.41, 5.74) is 7.00. The van der Waals surface area contributed by atoms with Crippen LogP contribution < -0.4 is 10.9 Å². The molecule has 1 amide bonds. The Hall–Kier alpha value is -2.88. The van der Waals surface area contributed by atoms with Crippen LogP contribution in [0.15, 0.2) is 41.2 Å². The second-order valence-corrected chi connectivity index (χ2v) is 7.36. The molecule has 0 saturated heterocycles. The van der Waals surface area contributed by atoms with Crippen LogP contribution in [0.4, 0.5) is 5.69 Å². The lowest BCUT2D eigenvalue weighted by Crippen LogP contribution is -2.24. The van der Waals surface area contributed by atoms with Crippen molar-refractivity contribution in [3.05, 3.63) is 74.6 Å². The minimum atomic E-state index is -0.0840. The lowest BCUT2D eigenvalue weighted by atomic mass is 10.0. The first-order chi connectivity index (χ1) is 12.8. The number of benzene rings is 2. The van der Waals surface area contributed by atoms with Crippen LogP contribution in [0.25, 0.3) is 10.9 Å². The Labute approximate surface area is 159 Å². The maximum atomic E-state index is 12.6. The number of nitrogens with zero attached hydrogens (tertiary/aromatic N) is 1. The van der Waals surface area contributed by atoms with Crippen LogP contribution in [0, 0.1) is 34.6 Å². The van der Waals surface area contributed by atoms with Gasteiger partial charge in [0.2, 0.25) is 5.91 Å². The van der Waals surface area contributed by atoms with Gasteiger partial charge in [0.1, 0.15) is 0 Å². The lowest BCUT2D eigenvalue weighted by Gasteiger charge is -2.15. The number of amides is 1. The van der Waals surface area contributed by atoms with E-state index in [9.17, 15) is 9.59 Å². The van der Waals surface area contributed by atoms with Gasteiger partial charge in [-0.15, -0.1) is 0 Å². The smallest absolute Gasteiger partial charge is 0.251 e. The first kappa shape index (κ1) is 18.9. The van der Waals surface area contributed by atoms with Crippen LogP contribution in [0.2, 0.25) is 0 Å². The third-order valence-corrected chi connectivity index (χ3v) is 5.04. The maximum absolute atomic E-state index is 12.6. The minimum Gasteiger partial charge on any atom is -0.326 e. The Kier molecular flexibility index (Phi) is 5.17. The Morgan fingerprint density at radius 1 is 0.926 bits per heavy atom. The molecule has 3 rings (SSSR count). The van der Waals surface area contributed by atoms with Crippen molar-refractivity contribution >= 4 is 22.5 Å². The van der Waals surface area contributed by atoms with Crippen molar-refractivity contribution < 1.29 is 4.79 Å². The van der Waals surface area contributed by atoms with Crippen molar-refractivity contribution in [1.29, 1.82) is 0 Å². The molecule has 3 aromatic rings. The van der Waals surface area contributed by atoms with Crippen LogP contribution in [-0.4, -0.2) is 10.5 Å². The van der Waals surface area contributed by atoms with Crippen molar-refractivity contribution in [3.63, 3.8) is 0 Å². The summed E-state index contributed by atoms with van der Waals surface area (Å²) < 4.78 is 1.71. The molecule has 0 aliphatic heterocycles. The monoisotopic (exact) mass is 362 g/mol. The molecule has 0 spiro atoms. The van der Waals surface area contributed by atoms with Crippen molar-refractivity contribution in [3.8, 4) is 0 Å². The summed E-state index contributed by atoms with van der Waals surface area (Å²) >= 11 is 0. The van der Waals surface area contributed by atoms with E-state index in [1.54, 1.807) is 10.6 Å². The van der Waals surface area contributed by atoms with Crippen LogP contribution in [-0.2, 0) is 11.3 Å². The van der Waals surface area contributed by atoms with E-state index in [1.165, 1.54) is 5.56 Å². The molecule has 1 N–H and O–H groups in total. The highest BCUT2D eigenvalue weighted by Crippen LogP contribution is 2.23. The first-order valence-electron chi connectivity index (χ1n) is 9.25. The number of carbonyl (C=O) groups is 1. The molecule has 0 bridgehead atoms. The molecule has 1 heterocycles. The fourth-order valence-electron chi connectivity index (χ4n) is 3.80. The number of rotatable bonds is 4. The summed E-state index contributed by atoms with van der Waals surface area (Å²) in [6, 6.07) is 11.8. The zero-order chi connectivity index (χ0) is 19.7. The highest BCUT2D eigenvalue weighted by Gasteiger charge is 2.12. The van der Waals surface area contributed by atoms with Gasteiger partial charge in [-0.3, -0.25) is 9.59 Å². The van der Waals surface area contributed by atoms with Gasteiger partial charge in [0, 0.05) is 30.1 Å².